The SMILES string of the molecule is CC(C)(NCc1ccccc1N)C(O)c1ccccc1. The highest BCUT2D eigenvalue weighted by atomic mass is 16.3. The molecule has 2 rings (SSSR count). The molecule has 106 valence electrons. The van der Waals surface area contributed by atoms with Gasteiger partial charge in [0.1, 0.15) is 0 Å². The van der Waals surface area contributed by atoms with E-state index in [1.165, 1.54) is 0 Å². The number of nitrogens with one attached hydrogen (secondary N) is 1. The topological polar surface area (TPSA) is 58.3 Å². The minimum absolute atomic E-state index is 0.441. The molecule has 0 aliphatic carbocycles. The van der Waals surface area contributed by atoms with Gasteiger partial charge in [0.25, 0.3) is 0 Å². The van der Waals surface area contributed by atoms with E-state index in [-0.39, 0.29) is 0 Å². The van der Waals surface area contributed by atoms with Crippen LogP contribution in [0.1, 0.15) is 31.1 Å². The second-order valence-corrected chi connectivity index (χ2v) is 5.59. The van der Waals surface area contributed by atoms with Crippen LogP contribution in [0.3, 0.4) is 0 Å². The van der Waals surface area contributed by atoms with Crippen molar-refractivity contribution in [1.82, 2.24) is 5.32 Å². The number of nitrogens with two attached hydrogens (primary N) is 1. The first-order valence-electron chi connectivity index (χ1n) is 6.82. The predicted octanol–water partition coefficient (Wildman–Crippen LogP) is 2.87. The zero-order valence-electron chi connectivity index (χ0n) is 12.0. The fourth-order valence-corrected chi connectivity index (χ4v) is 2.17. The Labute approximate surface area is 120 Å². The Morgan fingerprint density at radius 2 is 1.65 bits per heavy atom. The second-order valence-electron chi connectivity index (χ2n) is 5.59. The molecular weight excluding hydrogens is 248 g/mol. The average Bonchev–Trinajstić information content (AvgIpc) is 2.46. The van der Waals surface area contributed by atoms with Crippen molar-refractivity contribution in [1.29, 1.82) is 0 Å². The number of aliphatic hydroxyl groups is 1. The molecule has 1 atom stereocenters. The number of nitrogen functional groups attached to an aromatic ring is 1. The highest BCUT2D eigenvalue weighted by molar-refractivity contribution is 5.46. The molecule has 2 aromatic carbocycles. The van der Waals surface area contributed by atoms with Crippen molar-refractivity contribution in [2.75, 3.05) is 5.73 Å². The van der Waals surface area contributed by atoms with Gasteiger partial charge in [0.2, 0.25) is 0 Å². The number of para-hydroxylation sites is 1. The minimum Gasteiger partial charge on any atom is -0.398 e. The summed E-state index contributed by atoms with van der Waals surface area (Å²) >= 11 is 0. The van der Waals surface area contributed by atoms with Crippen LogP contribution in [0.5, 0.6) is 0 Å². The lowest BCUT2D eigenvalue weighted by atomic mass is 9.91. The second kappa shape index (κ2) is 6.07. The lowest BCUT2D eigenvalue weighted by molar-refractivity contribution is 0.0792. The molecule has 0 fully saturated rings. The van der Waals surface area contributed by atoms with Gasteiger partial charge in [-0.05, 0) is 31.0 Å². The molecule has 0 saturated carbocycles. The molecule has 0 radical (unpaired) electrons. The van der Waals surface area contributed by atoms with Gasteiger partial charge in [0.05, 0.1) is 6.10 Å². The van der Waals surface area contributed by atoms with E-state index < -0.39 is 11.6 Å². The molecule has 0 aliphatic rings. The summed E-state index contributed by atoms with van der Waals surface area (Å²) in [4.78, 5) is 0. The van der Waals surface area contributed by atoms with Gasteiger partial charge in [-0.25, -0.2) is 0 Å². The van der Waals surface area contributed by atoms with Gasteiger partial charge in [-0.1, -0.05) is 48.5 Å². The van der Waals surface area contributed by atoms with Crippen LogP contribution in [0.15, 0.2) is 54.6 Å². The highest BCUT2D eigenvalue weighted by Gasteiger charge is 2.28. The van der Waals surface area contributed by atoms with Crippen molar-refractivity contribution in [2.45, 2.75) is 32.0 Å². The maximum atomic E-state index is 10.5. The van der Waals surface area contributed by atoms with Crippen molar-refractivity contribution in [3.05, 3.63) is 65.7 Å². The molecule has 1 unspecified atom stereocenters. The summed E-state index contributed by atoms with van der Waals surface area (Å²) < 4.78 is 0. The van der Waals surface area contributed by atoms with Crippen molar-refractivity contribution < 1.29 is 5.11 Å². The largest absolute Gasteiger partial charge is 0.398 e. The summed E-state index contributed by atoms with van der Waals surface area (Å²) in [6, 6.07) is 17.5. The van der Waals surface area contributed by atoms with E-state index in [0.29, 0.717) is 6.54 Å². The Balaban J connectivity index is 2.06. The number of benzene rings is 2. The first-order valence-corrected chi connectivity index (χ1v) is 6.82. The van der Waals surface area contributed by atoms with Gasteiger partial charge in [-0.15, -0.1) is 0 Å². The average molecular weight is 270 g/mol. The zero-order valence-corrected chi connectivity index (χ0v) is 12.0. The zero-order chi connectivity index (χ0) is 14.6. The third-order valence-electron chi connectivity index (χ3n) is 3.59. The van der Waals surface area contributed by atoms with Crippen molar-refractivity contribution in [3.63, 3.8) is 0 Å². The molecule has 0 aromatic heterocycles. The summed E-state index contributed by atoms with van der Waals surface area (Å²) in [5.74, 6) is 0. The fraction of sp³-hybridized carbons (Fsp3) is 0.294. The van der Waals surface area contributed by atoms with Crippen LogP contribution in [0.2, 0.25) is 0 Å². The summed E-state index contributed by atoms with van der Waals surface area (Å²) in [6.45, 7) is 4.61. The van der Waals surface area contributed by atoms with Crippen molar-refractivity contribution in [2.24, 2.45) is 0 Å². The van der Waals surface area contributed by atoms with Crippen LogP contribution < -0.4 is 11.1 Å². The molecule has 0 aliphatic heterocycles. The molecule has 0 heterocycles. The molecule has 2 aromatic rings. The predicted molar refractivity (Wildman–Crippen MR) is 83.2 cm³/mol. The Kier molecular flexibility index (Phi) is 4.42. The lowest BCUT2D eigenvalue weighted by Crippen LogP contribution is -2.44. The summed E-state index contributed by atoms with van der Waals surface area (Å²) in [6.07, 6.45) is -0.575. The van der Waals surface area contributed by atoms with Crippen LogP contribution in [-0.2, 0) is 6.54 Å². The van der Waals surface area contributed by atoms with Crippen LogP contribution in [0, 0.1) is 0 Å². The molecule has 0 bridgehead atoms. The Morgan fingerprint density at radius 3 is 2.30 bits per heavy atom. The summed E-state index contributed by atoms with van der Waals surface area (Å²) in [5, 5.41) is 13.9. The van der Waals surface area contributed by atoms with Gasteiger partial charge in [-0.3, -0.25) is 0 Å². The third kappa shape index (κ3) is 3.38. The maximum Gasteiger partial charge on any atom is 0.0966 e. The highest BCUT2D eigenvalue weighted by Crippen LogP contribution is 2.26. The molecule has 4 N–H and O–H groups in total. The number of aliphatic hydroxyl groups excluding tert-OH is 1. The molecular formula is C17H22N2O. The van der Waals surface area contributed by atoms with Crippen molar-refractivity contribution >= 4 is 5.69 Å². The van der Waals surface area contributed by atoms with E-state index in [4.69, 9.17) is 5.73 Å². The fourth-order valence-electron chi connectivity index (χ4n) is 2.17. The van der Waals surface area contributed by atoms with Gasteiger partial charge in [0.15, 0.2) is 0 Å². The first kappa shape index (κ1) is 14.6. The van der Waals surface area contributed by atoms with E-state index in [0.717, 1.165) is 16.8 Å². The third-order valence-corrected chi connectivity index (χ3v) is 3.59. The van der Waals surface area contributed by atoms with Crippen molar-refractivity contribution in [3.8, 4) is 0 Å². The molecule has 0 amide bonds. The standard InChI is InChI=1S/C17H22N2O/c1-17(2,16(20)13-8-4-3-5-9-13)19-12-14-10-6-7-11-15(14)18/h3-11,16,19-20H,12,18H2,1-2H3. The van der Waals surface area contributed by atoms with E-state index in [1.54, 1.807) is 0 Å². The number of hydrogen-bond acceptors (Lipinski definition) is 3. The van der Waals surface area contributed by atoms with E-state index >= 15 is 0 Å². The molecule has 0 saturated heterocycles. The van der Waals surface area contributed by atoms with Crippen LogP contribution >= 0.6 is 0 Å². The van der Waals surface area contributed by atoms with Crippen LogP contribution in [-0.4, -0.2) is 10.6 Å². The van der Waals surface area contributed by atoms with E-state index in [9.17, 15) is 5.11 Å². The molecule has 3 heteroatoms. The number of rotatable bonds is 5. The molecule has 20 heavy (non-hydrogen) atoms. The minimum atomic E-state index is -0.575. The van der Waals surface area contributed by atoms with E-state index in [1.807, 2.05) is 68.4 Å². The number of hydrogen-bond donors (Lipinski definition) is 3. The normalized spacial score (nSPS) is 13.2. The number of anilines is 1. The van der Waals surface area contributed by atoms with Crippen LogP contribution in [0.4, 0.5) is 5.69 Å². The monoisotopic (exact) mass is 270 g/mol. The Morgan fingerprint density at radius 1 is 1.05 bits per heavy atom. The quantitative estimate of drug-likeness (QED) is 0.732. The Hall–Kier alpha value is -1.84. The molecule has 0 spiro atoms. The summed E-state index contributed by atoms with van der Waals surface area (Å²) in [5.41, 5.74) is 8.21. The smallest absolute Gasteiger partial charge is 0.0966 e. The van der Waals surface area contributed by atoms with Crippen LogP contribution in [0.25, 0.3) is 0 Å². The maximum absolute atomic E-state index is 10.5. The van der Waals surface area contributed by atoms with Gasteiger partial charge in [-0.2, -0.15) is 0 Å². The Bertz CT molecular complexity index is 552. The van der Waals surface area contributed by atoms with E-state index in [2.05, 4.69) is 5.32 Å². The lowest BCUT2D eigenvalue weighted by Gasteiger charge is -2.32. The van der Waals surface area contributed by atoms with Gasteiger partial charge in [0, 0.05) is 17.8 Å². The summed E-state index contributed by atoms with van der Waals surface area (Å²) in [7, 11) is 0. The van der Waals surface area contributed by atoms with Gasteiger partial charge >= 0.3 is 0 Å². The first-order chi connectivity index (χ1) is 9.50. The van der Waals surface area contributed by atoms with Gasteiger partial charge < -0.3 is 16.2 Å². The molecule has 3 nitrogen and oxygen atoms in total.